The van der Waals surface area contributed by atoms with Crippen LogP contribution in [0.5, 0.6) is 0 Å². The van der Waals surface area contributed by atoms with E-state index in [4.69, 9.17) is 0 Å². The number of amides is 2. The van der Waals surface area contributed by atoms with Gasteiger partial charge < -0.3 is 10.2 Å². The van der Waals surface area contributed by atoms with Crippen LogP contribution in [0.2, 0.25) is 0 Å². The van der Waals surface area contributed by atoms with Crippen molar-refractivity contribution in [1.82, 2.24) is 0 Å². The molecule has 0 aliphatic carbocycles. The molecule has 2 aromatic carbocycles. The molecule has 124 valence electrons. The van der Waals surface area contributed by atoms with Gasteiger partial charge >= 0.3 is 0 Å². The van der Waals surface area contributed by atoms with Crippen LogP contribution in [0.4, 0.5) is 20.2 Å². The number of nitrogens with zero attached hydrogens (tertiary/aromatic N) is 1. The largest absolute Gasteiger partial charge is 0.322 e. The number of halogens is 2. The third kappa shape index (κ3) is 2.87. The quantitative estimate of drug-likeness (QED) is 0.936. The number of nitrogens with one attached hydrogen (secondary N) is 1. The van der Waals surface area contributed by atoms with Gasteiger partial charge in [-0.05, 0) is 49.2 Å². The lowest BCUT2D eigenvalue weighted by Crippen LogP contribution is -2.34. The number of benzene rings is 2. The average molecular weight is 330 g/mol. The van der Waals surface area contributed by atoms with E-state index in [2.05, 4.69) is 5.32 Å². The molecule has 1 aliphatic rings. The van der Waals surface area contributed by atoms with Crippen molar-refractivity contribution < 1.29 is 18.4 Å². The van der Waals surface area contributed by atoms with Crippen molar-refractivity contribution in [1.29, 1.82) is 0 Å². The molecule has 1 heterocycles. The predicted molar refractivity (Wildman–Crippen MR) is 87.1 cm³/mol. The first-order chi connectivity index (χ1) is 11.5. The molecule has 0 unspecified atom stereocenters. The third-order valence-corrected chi connectivity index (χ3v) is 4.04. The normalized spacial score (nSPS) is 13.6. The van der Waals surface area contributed by atoms with Crippen LogP contribution in [0.3, 0.4) is 0 Å². The molecular formula is C18H16F2N2O2. The molecule has 0 radical (unpaired) electrons. The lowest BCUT2D eigenvalue weighted by atomic mass is 10.0. The standard InChI is InChI=1S/C18H16F2N2O2/c1-2-22-15-8-7-12(10-11(15)6-9-16(22)23)21-18(24)17-13(19)4-3-5-14(17)20/h3-5,7-8,10H,2,6,9H2,1H3,(H,21,24). The molecule has 4 nitrogen and oxygen atoms in total. The van der Waals surface area contributed by atoms with Crippen LogP contribution in [0.15, 0.2) is 36.4 Å². The van der Waals surface area contributed by atoms with E-state index in [1.54, 1.807) is 23.1 Å². The maximum atomic E-state index is 13.7. The van der Waals surface area contributed by atoms with Crippen LogP contribution < -0.4 is 10.2 Å². The van der Waals surface area contributed by atoms with Gasteiger partial charge in [-0.1, -0.05) is 6.07 Å². The fourth-order valence-corrected chi connectivity index (χ4v) is 2.89. The fourth-order valence-electron chi connectivity index (χ4n) is 2.89. The molecule has 0 saturated carbocycles. The zero-order valence-electron chi connectivity index (χ0n) is 13.1. The van der Waals surface area contributed by atoms with Gasteiger partial charge in [0.1, 0.15) is 17.2 Å². The summed E-state index contributed by atoms with van der Waals surface area (Å²) < 4.78 is 27.3. The Hall–Kier alpha value is -2.76. The lowest BCUT2D eigenvalue weighted by Gasteiger charge is -2.28. The minimum Gasteiger partial charge on any atom is -0.322 e. The molecule has 2 amide bonds. The highest BCUT2D eigenvalue weighted by molar-refractivity contribution is 6.05. The zero-order chi connectivity index (χ0) is 17.3. The summed E-state index contributed by atoms with van der Waals surface area (Å²) >= 11 is 0. The van der Waals surface area contributed by atoms with Gasteiger partial charge in [0, 0.05) is 24.3 Å². The molecule has 6 heteroatoms. The Labute approximate surface area is 138 Å². The van der Waals surface area contributed by atoms with Gasteiger partial charge in [0.15, 0.2) is 0 Å². The van der Waals surface area contributed by atoms with Crippen LogP contribution in [0.1, 0.15) is 29.3 Å². The van der Waals surface area contributed by atoms with Crippen LogP contribution in [0, 0.1) is 11.6 Å². The molecule has 0 fully saturated rings. The maximum Gasteiger partial charge on any atom is 0.261 e. The van der Waals surface area contributed by atoms with Gasteiger partial charge in [-0.25, -0.2) is 8.78 Å². The number of carbonyl (C=O) groups is 2. The number of hydrogen-bond acceptors (Lipinski definition) is 2. The first-order valence-electron chi connectivity index (χ1n) is 7.70. The highest BCUT2D eigenvalue weighted by Crippen LogP contribution is 2.30. The highest BCUT2D eigenvalue weighted by atomic mass is 19.1. The van der Waals surface area contributed by atoms with Gasteiger partial charge in [0.2, 0.25) is 5.91 Å². The minimum atomic E-state index is -0.909. The second-order valence-corrected chi connectivity index (χ2v) is 5.53. The predicted octanol–water partition coefficient (Wildman–Crippen LogP) is 3.52. The van der Waals surface area contributed by atoms with Crippen LogP contribution >= 0.6 is 0 Å². The number of anilines is 2. The molecule has 0 aromatic heterocycles. The summed E-state index contributed by atoms with van der Waals surface area (Å²) in [4.78, 5) is 25.7. The van der Waals surface area contributed by atoms with Crippen molar-refractivity contribution in [3.8, 4) is 0 Å². The van der Waals surface area contributed by atoms with Crippen LogP contribution in [-0.4, -0.2) is 18.4 Å². The average Bonchev–Trinajstić information content (AvgIpc) is 2.55. The number of rotatable bonds is 3. The number of fused-ring (bicyclic) bond motifs is 1. The van der Waals surface area contributed by atoms with E-state index in [0.29, 0.717) is 25.1 Å². The van der Waals surface area contributed by atoms with E-state index in [1.165, 1.54) is 6.07 Å². The third-order valence-electron chi connectivity index (χ3n) is 4.04. The smallest absolute Gasteiger partial charge is 0.261 e. The zero-order valence-corrected chi connectivity index (χ0v) is 13.1. The van der Waals surface area contributed by atoms with E-state index >= 15 is 0 Å². The van der Waals surface area contributed by atoms with Crippen molar-refractivity contribution in [2.75, 3.05) is 16.8 Å². The summed E-state index contributed by atoms with van der Waals surface area (Å²) in [5, 5.41) is 2.51. The Balaban J connectivity index is 1.87. The maximum absolute atomic E-state index is 13.7. The van der Waals surface area contributed by atoms with Gasteiger partial charge in [-0.3, -0.25) is 9.59 Å². The summed E-state index contributed by atoms with van der Waals surface area (Å²) in [5.74, 6) is -2.60. The second-order valence-electron chi connectivity index (χ2n) is 5.53. The van der Waals surface area contributed by atoms with Gasteiger partial charge in [0.25, 0.3) is 5.91 Å². The van der Waals surface area contributed by atoms with E-state index in [9.17, 15) is 18.4 Å². The molecule has 0 atom stereocenters. The summed E-state index contributed by atoms with van der Waals surface area (Å²) in [6.07, 6.45) is 0.975. The molecule has 0 bridgehead atoms. The van der Waals surface area contributed by atoms with E-state index in [1.807, 2.05) is 6.92 Å². The summed E-state index contributed by atoms with van der Waals surface area (Å²) in [6.45, 7) is 2.46. The van der Waals surface area contributed by atoms with E-state index < -0.39 is 23.1 Å². The molecular weight excluding hydrogens is 314 g/mol. The first kappa shape index (κ1) is 16.1. The summed E-state index contributed by atoms with van der Waals surface area (Å²) in [7, 11) is 0. The minimum absolute atomic E-state index is 0.0650. The van der Waals surface area contributed by atoms with Gasteiger partial charge in [0.05, 0.1) is 0 Å². The molecule has 0 saturated heterocycles. The van der Waals surface area contributed by atoms with Gasteiger partial charge in [-0.15, -0.1) is 0 Å². The Bertz CT molecular complexity index is 800. The van der Waals surface area contributed by atoms with E-state index in [-0.39, 0.29) is 5.91 Å². The van der Waals surface area contributed by atoms with Crippen LogP contribution in [-0.2, 0) is 11.2 Å². The van der Waals surface area contributed by atoms with E-state index in [0.717, 1.165) is 23.4 Å². The molecule has 2 aromatic rings. The molecule has 1 aliphatic heterocycles. The second kappa shape index (κ2) is 6.39. The summed E-state index contributed by atoms with van der Waals surface area (Å²) in [5.41, 5.74) is 1.56. The Kier molecular flexibility index (Phi) is 4.29. The lowest BCUT2D eigenvalue weighted by molar-refractivity contribution is -0.118. The number of aryl methyl sites for hydroxylation is 1. The fraction of sp³-hybridized carbons (Fsp3) is 0.222. The first-order valence-corrected chi connectivity index (χ1v) is 7.70. The number of hydrogen-bond donors (Lipinski definition) is 1. The van der Waals surface area contributed by atoms with Crippen molar-refractivity contribution in [3.05, 3.63) is 59.2 Å². The number of carbonyl (C=O) groups excluding carboxylic acids is 2. The topological polar surface area (TPSA) is 49.4 Å². The monoisotopic (exact) mass is 330 g/mol. The highest BCUT2D eigenvalue weighted by Gasteiger charge is 2.23. The molecule has 1 N–H and O–H groups in total. The SMILES string of the molecule is CCN1C(=O)CCc2cc(NC(=O)c3c(F)cccc3F)ccc21. The Morgan fingerprint density at radius 1 is 1.17 bits per heavy atom. The molecule has 0 spiro atoms. The van der Waals surface area contributed by atoms with Crippen molar-refractivity contribution in [2.24, 2.45) is 0 Å². The van der Waals surface area contributed by atoms with Crippen molar-refractivity contribution in [2.45, 2.75) is 19.8 Å². The van der Waals surface area contributed by atoms with Crippen molar-refractivity contribution >= 4 is 23.2 Å². The van der Waals surface area contributed by atoms with Crippen LogP contribution in [0.25, 0.3) is 0 Å². The van der Waals surface area contributed by atoms with Crippen molar-refractivity contribution in [3.63, 3.8) is 0 Å². The Morgan fingerprint density at radius 3 is 2.54 bits per heavy atom. The molecule has 3 rings (SSSR count). The summed E-state index contributed by atoms with van der Waals surface area (Å²) in [6, 6.07) is 8.38. The van der Waals surface area contributed by atoms with Gasteiger partial charge in [-0.2, -0.15) is 0 Å². The Morgan fingerprint density at radius 2 is 1.88 bits per heavy atom. The molecule has 24 heavy (non-hydrogen) atoms.